The highest BCUT2D eigenvalue weighted by Crippen LogP contribution is 2.42. The number of carbonyl (C=O) groups excluding carboxylic acids is 2. The molecule has 1 saturated carbocycles. The monoisotopic (exact) mass is 659 g/mol. The van der Waals surface area contributed by atoms with Crippen molar-refractivity contribution in [3.8, 4) is 11.5 Å². The van der Waals surface area contributed by atoms with Crippen LogP contribution in [0.4, 0.5) is 21.2 Å². The minimum atomic E-state index is -0.739. The van der Waals surface area contributed by atoms with Gasteiger partial charge in [-0.05, 0) is 84.4 Å². The Morgan fingerprint density at radius 2 is 1.79 bits per heavy atom. The van der Waals surface area contributed by atoms with Crippen LogP contribution in [0.5, 0.6) is 0 Å². The van der Waals surface area contributed by atoms with Crippen molar-refractivity contribution in [2.45, 2.75) is 90.6 Å². The number of aromatic nitrogens is 4. The molecule has 1 aromatic carbocycles. The third-order valence-corrected chi connectivity index (χ3v) is 8.28. The Hall–Kier alpha value is -4.65. The van der Waals surface area contributed by atoms with E-state index in [4.69, 9.17) is 18.9 Å². The number of nitrogens with one attached hydrogen (secondary N) is 1. The molecular formula is C35H45N7O6. The first-order chi connectivity index (χ1) is 22.7. The van der Waals surface area contributed by atoms with Gasteiger partial charge in [0.25, 0.3) is 0 Å². The molecular weight excluding hydrogens is 614 g/mol. The molecule has 4 aromatic rings. The molecule has 2 amide bonds. The topological polar surface area (TPSA) is 148 Å². The number of oxazole rings is 1. The van der Waals surface area contributed by atoms with Crippen LogP contribution < -0.4 is 10.2 Å². The number of ether oxygens (including phenoxy) is 2. The Morgan fingerprint density at radius 3 is 2.42 bits per heavy atom. The van der Waals surface area contributed by atoms with E-state index in [-0.39, 0.29) is 19.0 Å². The zero-order chi connectivity index (χ0) is 34.2. The quantitative estimate of drug-likeness (QED) is 0.223. The number of β-amino-alcohol motifs (C(OH)–C–C–N with tert-alkyl or cyclic N) is 1. The van der Waals surface area contributed by atoms with Crippen molar-refractivity contribution >= 4 is 29.5 Å². The fourth-order valence-corrected chi connectivity index (χ4v) is 5.73. The van der Waals surface area contributed by atoms with E-state index < -0.39 is 29.5 Å². The maximum absolute atomic E-state index is 13.9. The van der Waals surface area contributed by atoms with E-state index in [1.54, 1.807) is 26.6 Å². The number of piperidine rings is 1. The lowest BCUT2D eigenvalue weighted by atomic mass is 9.94. The number of fused-ring (bicyclic) bond motifs is 1. The fourth-order valence-electron chi connectivity index (χ4n) is 5.73. The second-order valence-electron chi connectivity index (χ2n) is 14.6. The largest absolute Gasteiger partial charge is 0.445 e. The second kappa shape index (κ2) is 13.1. The standard InChI is InChI=1S/C35H45N7O6/c1-34(2,3)47-32(44)40-15-13-25(27(43)21-40)18-37-28-17-29(42-30(39-28)26(19-38-42)23-11-12-23)41(33(45)48-35(4,5)6)20-22-7-9-24(10-8-22)31-36-14-16-46-31/h7-10,14,16-17,19,23,25,27,43H,11-13,15,18,20-21H2,1-6H3,(H,37,39)/t25-,27+/m1/s1. The summed E-state index contributed by atoms with van der Waals surface area (Å²) in [5, 5.41) is 19.1. The van der Waals surface area contributed by atoms with Crippen molar-refractivity contribution in [2.24, 2.45) is 5.92 Å². The van der Waals surface area contributed by atoms with Gasteiger partial charge in [-0.2, -0.15) is 9.61 Å². The molecule has 2 atom stereocenters. The summed E-state index contributed by atoms with van der Waals surface area (Å²) in [5.74, 6) is 1.81. The van der Waals surface area contributed by atoms with E-state index in [1.165, 1.54) is 6.26 Å². The minimum Gasteiger partial charge on any atom is -0.445 e. The summed E-state index contributed by atoms with van der Waals surface area (Å²) in [5.41, 5.74) is 2.06. The van der Waals surface area contributed by atoms with Crippen LogP contribution in [0.25, 0.3) is 17.1 Å². The molecule has 3 aromatic heterocycles. The van der Waals surface area contributed by atoms with Crippen molar-refractivity contribution in [2.75, 3.05) is 29.9 Å². The number of carbonyl (C=O) groups is 2. The number of anilines is 2. The van der Waals surface area contributed by atoms with E-state index in [0.29, 0.717) is 48.6 Å². The molecule has 256 valence electrons. The van der Waals surface area contributed by atoms with E-state index in [2.05, 4.69) is 15.4 Å². The summed E-state index contributed by atoms with van der Waals surface area (Å²) >= 11 is 0. The Morgan fingerprint density at radius 1 is 1.06 bits per heavy atom. The molecule has 13 heteroatoms. The number of rotatable bonds is 8. The number of benzene rings is 1. The maximum Gasteiger partial charge on any atom is 0.416 e. The Bertz CT molecular complexity index is 1740. The highest BCUT2D eigenvalue weighted by atomic mass is 16.6. The Balaban J connectivity index is 1.27. The summed E-state index contributed by atoms with van der Waals surface area (Å²) in [6.07, 6.45) is 5.99. The molecule has 13 nitrogen and oxygen atoms in total. The average Bonchev–Trinajstić information content (AvgIpc) is 3.52. The van der Waals surface area contributed by atoms with Gasteiger partial charge in [0.1, 0.15) is 29.1 Å². The van der Waals surface area contributed by atoms with Gasteiger partial charge in [0.15, 0.2) is 5.65 Å². The zero-order valence-corrected chi connectivity index (χ0v) is 28.5. The number of amides is 2. The number of hydrogen-bond acceptors (Lipinski definition) is 10. The molecule has 2 N–H and O–H groups in total. The highest BCUT2D eigenvalue weighted by molar-refractivity contribution is 5.88. The summed E-state index contributed by atoms with van der Waals surface area (Å²) in [6, 6.07) is 9.46. The molecule has 4 heterocycles. The van der Waals surface area contributed by atoms with Crippen molar-refractivity contribution in [3.63, 3.8) is 0 Å². The molecule has 48 heavy (non-hydrogen) atoms. The predicted octanol–water partition coefficient (Wildman–Crippen LogP) is 6.23. The van der Waals surface area contributed by atoms with E-state index >= 15 is 0 Å². The molecule has 0 bridgehead atoms. The molecule has 0 unspecified atom stereocenters. The van der Waals surface area contributed by atoms with E-state index in [9.17, 15) is 14.7 Å². The maximum atomic E-state index is 13.9. The number of aliphatic hydroxyl groups excluding tert-OH is 1. The van der Waals surface area contributed by atoms with Crippen LogP contribution in [-0.2, 0) is 16.0 Å². The van der Waals surface area contributed by atoms with Crippen LogP contribution in [0.15, 0.2) is 53.4 Å². The summed E-state index contributed by atoms with van der Waals surface area (Å²) in [4.78, 5) is 38.7. The summed E-state index contributed by atoms with van der Waals surface area (Å²) in [6.45, 7) is 12.3. The number of likely N-dealkylation sites (tertiary alicyclic amines) is 1. The fraction of sp³-hybridized carbons (Fsp3) is 0.514. The smallest absolute Gasteiger partial charge is 0.416 e. The van der Waals surface area contributed by atoms with E-state index in [0.717, 1.165) is 29.5 Å². The van der Waals surface area contributed by atoms with Crippen LogP contribution in [0.3, 0.4) is 0 Å². The van der Waals surface area contributed by atoms with Gasteiger partial charge in [0.2, 0.25) is 5.89 Å². The molecule has 2 aliphatic rings. The van der Waals surface area contributed by atoms with Gasteiger partial charge in [-0.15, -0.1) is 0 Å². The van der Waals surface area contributed by atoms with Crippen molar-refractivity contribution in [3.05, 3.63) is 60.1 Å². The predicted molar refractivity (Wildman–Crippen MR) is 180 cm³/mol. The van der Waals surface area contributed by atoms with Crippen LogP contribution in [0, 0.1) is 5.92 Å². The SMILES string of the molecule is CC(C)(C)OC(=O)N1CC[C@H](CNc2cc(N(Cc3ccc(-c4ncco4)cc3)C(=O)OC(C)(C)C)n3ncc(C4CC4)c3n2)[C@@H](O)C1. The molecule has 0 radical (unpaired) electrons. The molecule has 1 aliphatic carbocycles. The first kappa shape index (κ1) is 33.3. The number of nitrogens with zero attached hydrogens (tertiary/aromatic N) is 6. The normalized spacial score (nSPS) is 18.5. The van der Waals surface area contributed by atoms with Gasteiger partial charge in [0, 0.05) is 36.2 Å². The third-order valence-electron chi connectivity index (χ3n) is 8.28. The van der Waals surface area contributed by atoms with Gasteiger partial charge in [-0.3, -0.25) is 4.90 Å². The van der Waals surface area contributed by atoms with Gasteiger partial charge >= 0.3 is 12.2 Å². The van der Waals surface area contributed by atoms with Crippen LogP contribution in [0.2, 0.25) is 0 Å². The minimum absolute atomic E-state index is 0.123. The zero-order valence-electron chi connectivity index (χ0n) is 28.5. The first-order valence-corrected chi connectivity index (χ1v) is 16.5. The van der Waals surface area contributed by atoms with Gasteiger partial charge in [0.05, 0.1) is 31.6 Å². The van der Waals surface area contributed by atoms with Crippen LogP contribution in [0.1, 0.15) is 77.8 Å². The molecule has 2 fully saturated rings. The van der Waals surface area contributed by atoms with Crippen LogP contribution in [-0.4, -0.2) is 78.7 Å². The molecule has 6 rings (SSSR count). The average molecular weight is 660 g/mol. The summed E-state index contributed by atoms with van der Waals surface area (Å²) < 4.78 is 18.5. The lowest BCUT2D eigenvalue weighted by Gasteiger charge is -2.36. The molecule has 0 spiro atoms. The molecule has 1 aliphatic heterocycles. The van der Waals surface area contributed by atoms with Gasteiger partial charge in [-0.25, -0.2) is 19.6 Å². The van der Waals surface area contributed by atoms with Gasteiger partial charge in [-0.1, -0.05) is 12.1 Å². The Kier molecular flexibility index (Phi) is 9.08. The highest BCUT2D eigenvalue weighted by Gasteiger charge is 2.34. The van der Waals surface area contributed by atoms with Crippen molar-refractivity contribution < 1.29 is 28.6 Å². The summed E-state index contributed by atoms with van der Waals surface area (Å²) in [7, 11) is 0. The Labute approximate surface area is 280 Å². The number of aliphatic hydroxyl groups is 1. The first-order valence-electron chi connectivity index (χ1n) is 16.5. The van der Waals surface area contributed by atoms with Crippen molar-refractivity contribution in [1.29, 1.82) is 0 Å². The third kappa shape index (κ3) is 7.89. The van der Waals surface area contributed by atoms with Crippen molar-refractivity contribution in [1.82, 2.24) is 24.5 Å². The lowest BCUT2D eigenvalue weighted by molar-refractivity contribution is -0.0104. The van der Waals surface area contributed by atoms with Crippen LogP contribution >= 0.6 is 0 Å². The molecule has 1 saturated heterocycles. The van der Waals surface area contributed by atoms with Gasteiger partial charge < -0.3 is 29.2 Å². The van der Waals surface area contributed by atoms with E-state index in [1.807, 2.05) is 72.0 Å². The lowest BCUT2D eigenvalue weighted by Crippen LogP contribution is -2.49. The second-order valence-corrected chi connectivity index (χ2v) is 14.6. The number of hydrogen-bond donors (Lipinski definition) is 2.